The minimum absolute atomic E-state index is 0.0284. The highest BCUT2D eigenvalue weighted by atomic mass is 32.2. The Morgan fingerprint density at radius 1 is 0.949 bits per heavy atom. The molecule has 0 aliphatic rings. The minimum atomic E-state index is -3.63. The van der Waals surface area contributed by atoms with Crippen LogP contribution in [0, 0.1) is 11.6 Å². The van der Waals surface area contributed by atoms with E-state index in [9.17, 15) is 27.1 Å². The fourth-order valence-electron chi connectivity index (χ4n) is 4.74. The molecular formula is C29H43F2N3O4S. The number of aryl methyl sites for hydroxylation is 1. The lowest BCUT2D eigenvalue weighted by Crippen LogP contribution is -2.52. The molecule has 0 fully saturated rings. The Labute approximate surface area is 231 Å². The van der Waals surface area contributed by atoms with Crippen molar-refractivity contribution < 1.29 is 27.1 Å². The van der Waals surface area contributed by atoms with Crippen LogP contribution in [0.3, 0.4) is 0 Å². The van der Waals surface area contributed by atoms with Gasteiger partial charge in [0.1, 0.15) is 11.6 Å². The third-order valence-corrected chi connectivity index (χ3v) is 9.15. The third-order valence-electron chi connectivity index (χ3n) is 6.84. The molecule has 2 aromatic carbocycles. The molecule has 0 radical (unpaired) electrons. The molecule has 1 unspecified atom stereocenters. The molecule has 0 aromatic heterocycles. The predicted molar refractivity (Wildman–Crippen MR) is 151 cm³/mol. The maximum Gasteiger partial charge on any atom is 0.240 e. The van der Waals surface area contributed by atoms with E-state index < -0.39 is 56.6 Å². The van der Waals surface area contributed by atoms with Crippen molar-refractivity contribution in [1.82, 2.24) is 4.90 Å². The van der Waals surface area contributed by atoms with Gasteiger partial charge in [-0.25, -0.2) is 17.2 Å². The number of halogens is 2. The number of nitrogens with zero attached hydrogens (tertiary/aromatic N) is 1. The molecule has 7 nitrogen and oxygen atoms in total. The van der Waals surface area contributed by atoms with E-state index in [1.165, 1.54) is 4.90 Å². The molecule has 3 atom stereocenters. The number of amides is 1. The Balaban J connectivity index is 2.25. The molecule has 1 amide bonds. The summed E-state index contributed by atoms with van der Waals surface area (Å²) in [4.78, 5) is 14.8. The SMILES string of the molecule is CCCC(CCC)S(=O)(=O)CC(N)C(=O)N(Cc1cccc(CC)c1)C[C@@H](O)[C@@H](N)Cc1cc(F)cc(F)c1. The first-order valence-electron chi connectivity index (χ1n) is 13.6. The lowest BCUT2D eigenvalue weighted by atomic mass is 10.0. The van der Waals surface area contributed by atoms with Gasteiger partial charge in [0.25, 0.3) is 0 Å². The van der Waals surface area contributed by atoms with Crippen molar-refractivity contribution in [2.24, 2.45) is 11.5 Å². The summed E-state index contributed by atoms with van der Waals surface area (Å²) < 4.78 is 53.4. The van der Waals surface area contributed by atoms with E-state index >= 15 is 0 Å². The molecule has 0 bridgehead atoms. The van der Waals surface area contributed by atoms with Crippen molar-refractivity contribution in [3.63, 3.8) is 0 Å². The topological polar surface area (TPSA) is 127 Å². The second kappa shape index (κ2) is 15.4. The number of aliphatic hydroxyl groups is 1. The summed E-state index contributed by atoms with van der Waals surface area (Å²) in [5.41, 5.74) is 14.5. The molecule has 0 aliphatic carbocycles. The number of nitrogens with two attached hydrogens (primary N) is 2. The Morgan fingerprint density at radius 3 is 2.10 bits per heavy atom. The fourth-order valence-corrected chi connectivity index (χ4v) is 6.84. The van der Waals surface area contributed by atoms with Gasteiger partial charge in [-0.3, -0.25) is 4.79 Å². The highest BCUT2D eigenvalue weighted by Gasteiger charge is 2.32. The number of rotatable bonds is 16. The number of carbonyl (C=O) groups is 1. The van der Waals surface area contributed by atoms with Crippen LogP contribution in [0.5, 0.6) is 0 Å². The van der Waals surface area contributed by atoms with Gasteiger partial charge >= 0.3 is 0 Å². The van der Waals surface area contributed by atoms with Gasteiger partial charge in [0.2, 0.25) is 5.91 Å². The zero-order valence-corrected chi connectivity index (χ0v) is 24.0. The van der Waals surface area contributed by atoms with Gasteiger partial charge in [0, 0.05) is 25.2 Å². The van der Waals surface area contributed by atoms with Crippen molar-refractivity contribution in [1.29, 1.82) is 0 Å². The van der Waals surface area contributed by atoms with Gasteiger partial charge in [-0.1, -0.05) is 57.9 Å². The van der Waals surface area contributed by atoms with Crippen molar-refractivity contribution in [2.75, 3.05) is 12.3 Å². The zero-order chi connectivity index (χ0) is 29.2. The smallest absolute Gasteiger partial charge is 0.240 e. The Kier molecular flexibility index (Phi) is 13.0. The van der Waals surface area contributed by atoms with E-state index in [2.05, 4.69) is 0 Å². The van der Waals surface area contributed by atoms with Crippen molar-refractivity contribution in [3.8, 4) is 0 Å². The summed E-state index contributed by atoms with van der Waals surface area (Å²) in [6, 6.07) is 8.35. The summed E-state index contributed by atoms with van der Waals surface area (Å²) in [7, 11) is -3.63. The first-order valence-corrected chi connectivity index (χ1v) is 15.3. The first kappa shape index (κ1) is 32.8. The van der Waals surface area contributed by atoms with E-state index in [0.717, 1.165) is 35.7 Å². The van der Waals surface area contributed by atoms with Gasteiger partial charge in [-0.2, -0.15) is 0 Å². The lowest BCUT2D eigenvalue weighted by molar-refractivity contribution is -0.134. The molecule has 2 aromatic rings. The number of benzene rings is 2. The van der Waals surface area contributed by atoms with Crippen LogP contribution in [-0.4, -0.2) is 60.1 Å². The van der Waals surface area contributed by atoms with Crippen molar-refractivity contribution >= 4 is 15.7 Å². The molecule has 5 N–H and O–H groups in total. The van der Waals surface area contributed by atoms with E-state index in [1.807, 2.05) is 45.0 Å². The first-order chi connectivity index (χ1) is 18.4. The molecule has 0 saturated carbocycles. The summed E-state index contributed by atoms with van der Waals surface area (Å²) in [6.45, 7) is 5.70. The number of hydrogen-bond donors (Lipinski definition) is 3. The molecule has 0 heterocycles. The van der Waals surface area contributed by atoms with Crippen LogP contribution >= 0.6 is 0 Å². The van der Waals surface area contributed by atoms with Crippen LogP contribution in [0.1, 0.15) is 63.1 Å². The van der Waals surface area contributed by atoms with Gasteiger partial charge < -0.3 is 21.5 Å². The number of carbonyl (C=O) groups excluding carboxylic acids is 1. The van der Waals surface area contributed by atoms with Gasteiger partial charge in [0.05, 0.1) is 23.1 Å². The summed E-state index contributed by atoms with van der Waals surface area (Å²) in [5, 5.41) is 10.3. The predicted octanol–water partition coefficient (Wildman–Crippen LogP) is 3.50. The van der Waals surface area contributed by atoms with Crippen molar-refractivity contribution in [3.05, 3.63) is 70.8 Å². The summed E-state index contributed by atoms with van der Waals surface area (Å²) >= 11 is 0. The quantitative estimate of drug-likeness (QED) is 0.285. The van der Waals surface area contributed by atoms with Crippen LogP contribution in [0.4, 0.5) is 8.78 Å². The average Bonchev–Trinajstić information content (AvgIpc) is 2.86. The lowest BCUT2D eigenvalue weighted by Gasteiger charge is -2.30. The molecule has 0 aliphatic heterocycles. The second-order valence-electron chi connectivity index (χ2n) is 10.2. The van der Waals surface area contributed by atoms with Crippen LogP contribution in [0.25, 0.3) is 0 Å². The van der Waals surface area contributed by atoms with Crippen LogP contribution in [0.15, 0.2) is 42.5 Å². The van der Waals surface area contributed by atoms with E-state index in [-0.39, 0.29) is 25.1 Å². The molecule has 2 rings (SSSR count). The number of sulfone groups is 1. The molecule has 0 saturated heterocycles. The largest absolute Gasteiger partial charge is 0.390 e. The Morgan fingerprint density at radius 2 is 1.54 bits per heavy atom. The van der Waals surface area contributed by atoms with Crippen molar-refractivity contribution in [2.45, 2.75) is 89.3 Å². The summed E-state index contributed by atoms with van der Waals surface area (Å²) in [6.07, 6.45) is 1.90. The van der Waals surface area contributed by atoms with Gasteiger partial charge in [-0.15, -0.1) is 0 Å². The van der Waals surface area contributed by atoms with Crippen LogP contribution < -0.4 is 11.5 Å². The molecular weight excluding hydrogens is 524 g/mol. The normalized spacial score (nSPS) is 14.3. The minimum Gasteiger partial charge on any atom is -0.390 e. The number of aliphatic hydroxyl groups excluding tert-OH is 1. The molecule has 0 spiro atoms. The fraction of sp³-hybridized carbons (Fsp3) is 0.552. The monoisotopic (exact) mass is 567 g/mol. The molecule has 39 heavy (non-hydrogen) atoms. The Bertz CT molecular complexity index is 1150. The zero-order valence-electron chi connectivity index (χ0n) is 23.2. The van der Waals surface area contributed by atoms with Crippen LogP contribution in [0.2, 0.25) is 0 Å². The van der Waals surface area contributed by atoms with E-state index in [1.54, 1.807) is 0 Å². The second-order valence-corrected chi connectivity index (χ2v) is 12.6. The molecule has 10 heteroatoms. The maximum absolute atomic E-state index is 13.6. The number of hydrogen-bond acceptors (Lipinski definition) is 6. The summed E-state index contributed by atoms with van der Waals surface area (Å²) in [5.74, 6) is -2.62. The van der Waals surface area contributed by atoms with Crippen LogP contribution in [-0.2, 0) is 34.0 Å². The average molecular weight is 568 g/mol. The molecule has 218 valence electrons. The highest BCUT2D eigenvalue weighted by molar-refractivity contribution is 7.92. The Hall–Kier alpha value is -2.40. The maximum atomic E-state index is 13.6. The van der Waals surface area contributed by atoms with Gasteiger partial charge in [0.15, 0.2) is 9.84 Å². The standard InChI is InChI=1S/C29H43F2N3O4S/c1-4-8-25(9-5-2)39(37,38)19-27(33)29(36)34(17-21-11-7-10-20(6-3)12-21)18-28(35)26(32)15-22-13-23(30)16-24(31)14-22/h7,10-14,16,25-28,35H,4-6,8-9,15,17-19,32-33H2,1-3H3/t26-,27?,28+/m0/s1. The van der Waals surface area contributed by atoms with Gasteiger partial charge in [-0.05, 0) is 54.5 Å². The third kappa shape index (κ3) is 10.3. The van der Waals surface area contributed by atoms with E-state index in [4.69, 9.17) is 11.5 Å². The highest BCUT2D eigenvalue weighted by Crippen LogP contribution is 2.18. The van der Waals surface area contributed by atoms with E-state index in [0.29, 0.717) is 25.7 Å².